The number of nitrogens with zero attached hydrogens (tertiary/aromatic N) is 1. The van der Waals surface area contributed by atoms with Crippen molar-refractivity contribution in [2.45, 2.75) is 13.8 Å². The van der Waals surface area contributed by atoms with Gasteiger partial charge < -0.3 is 14.5 Å². The normalized spacial score (nSPS) is 11.3. The van der Waals surface area contributed by atoms with Gasteiger partial charge in [-0.15, -0.1) is 0 Å². The Morgan fingerprint density at radius 3 is 2.59 bits per heavy atom. The fraction of sp³-hybridized carbons (Fsp3) is 0.182. The lowest BCUT2D eigenvalue weighted by atomic mass is 10.1. The maximum Gasteiger partial charge on any atom is 0.227 e. The highest BCUT2D eigenvalue weighted by atomic mass is 16.5. The molecule has 5 heteroatoms. The van der Waals surface area contributed by atoms with Gasteiger partial charge in [0.15, 0.2) is 5.58 Å². The molecule has 1 heterocycles. The molecule has 0 bridgehead atoms. The van der Waals surface area contributed by atoms with Crippen LogP contribution in [0, 0.1) is 5.92 Å². The van der Waals surface area contributed by atoms with Crippen LogP contribution in [0.4, 0.5) is 5.69 Å². The molecular weight excluding hydrogens is 340 g/mol. The van der Waals surface area contributed by atoms with E-state index in [1.165, 1.54) is 0 Å². The summed E-state index contributed by atoms with van der Waals surface area (Å²) >= 11 is 0. The topological polar surface area (TPSA) is 64.4 Å². The monoisotopic (exact) mass is 360 g/mol. The van der Waals surface area contributed by atoms with Crippen LogP contribution in [-0.2, 0) is 4.79 Å². The average molecular weight is 360 g/mol. The van der Waals surface area contributed by atoms with Crippen LogP contribution in [0.25, 0.3) is 33.3 Å². The summed E-state index contributed by atoms with van der Waals surface area (Å²) in [6.07, 6.45) is 0. The smallest absolute Gasteiger partial charge is 0.227 e. The van der Waals surface area contributed by atoms with Crippen molar-refractivity contribution in [2.24, 2.45) is 5.92 Å². The molecule has 0 spiro atoms. The minimum absolute atomic E-state index is 0.0250. The second kappa shape index (κ2) is 6.76. The summed E-state index contributed by atoms with van der Waals surface area (Å²) in [7, 11) is 1.66. The molecule has 1 N–H and O–H groups in total. The van der Waals surface area contributed by atoms with Crippen molar-refractivity contribution in [3.05, 3.63) is 54.6 Å². The lowest BCUT2D eigenvalue weighted by molar-refractivity contribution is -0.118. The third-order valence-electron chi connectivity index (χ3n) is 4.47. The highest BCUT2D eigenvalue weighted by molar-refractivity contribution is 5.94. The van der Waals surface area contributed by atoms with E-state index in [4.69, 9.17) is 9.15 Å². The first-order valence-corrected chi connectivity index (χ1v) is 8.83. The number of carbonyl (C=O) groups is 1. The van der Waals surface area contributed by atoms with Gasteiger partial charge in [-0.05, 0) is 53.2 Å². The van der Waals surface area contributed by atoms with Crippen molar-refractivity contribution in [1.29, 1.82) is 0 Å². The molecule has 0 aliphatic rings. The number of benzene rings is 3. The Hall–Kier alpha value is -3.34. The number of rotatable bonds is 4. The first kappa shape index (κ1) is 17.1. The summed E-state index contributed by atoms with van der Waals surface area (Å²) in [6, 6.07) is 17.5. The molecule has 1 amide bonds. The van der Waals surface area contributed by atoms with Crippen LogP contribution in [-0.4, -0.2) is 18.0 Å². The second-order valence-corrected chi connectivity index (χ2v) is 6.77. The number of fused-ring (bicyclic) bond motifs is 2. The fourth-order valence-corrected chi connectivity index (χ4v) is 2.90. The van der Waals surface area contributed by atoms with Crippen molar-refractivity contribution in [3.63, 3.8) is 0 Å². The zero-order chi connectivity index (χ0) is 19.0. The Bertz CT molecular complexity index is 1140. The number of hydrogen-bond donors (Lipinski definition) is 1. The summed E-state index contributed by atoms with van der Waals surface area (Å²) in [5.74, 6) is 1.27. The van der Waals surface area contributed by atoms with Crippen molar-refractivity contribution >= 4 is 33.5 Å². The number of hydrogen-bond acceptors (Lipinski definition) is 4. The van der Waals surface area contributed by atoms with E-state index >= 15 is 0 Å². The number of methoxy groups -OCH3 is 1. The molecular formula is C22H20N2O3. The maximum absolute atomic E-state index is 11.9. The van der Waals surface area contributed by atoms with Crippen molar-refractivity contribution < 1.29 is 13.9 Å². The summed E-state index contributed by atoms with van der Waals surface area (Å²) in [6.45, 7) is 3.72. The van der Waals surface area contributed by atoms with Crippen LogP contribution in [0.15, 0.2) is 59.0 Å². The zero-order valence-electron chi connectivity index (χ0n) is 15.4. The van der Waals surface area contributed by atoms with E-state index in [-0.39, 0.29) is 11.8 Å². The highest BCUT2D eigenvalue weighted by Gasteiger charge is 2.12. The average Bonchev–Trinajstić information content (AvgIpc) is 3.10. The third-order valence-corrected chi connectivity index (χ3v) is 4.47. The van der Waals surface area contributed by atoms with Crippen LogP contribution < -0.4 is 10.1 Å². The first-order chi connectivity index (χ1) is 13.0. The second-order valence-electron chi connectivity index (χ2n) is 6.77. The van der Waals surface area contributed by atoms with E-state index in [0.29, 0.717) is 22.7 Å². The lowest BCUT2D eigenvalue weighted by Crippen LogP contribution is -2.17. The first-order valence-electron chi connectivity index (χ1n) is 8.83. The Morgan fingerprint density at radius 2 is 1.81 bits per heavy atom. The highest BCUT2D eigenvalue weighted by Crippen LogP contribution is 2.29. The molecule has 0 fully saturated rings. The lowest BCUT2D eigenvalue weighted by Gasteiger charge is -2.06. The van der Waals surface area contributed by atoms with E-state index in [0.717, 1.165) is 22.1 Å². The summed E-state index contributed by atoms with van der Waals surface area (Å²) in [4.78, 5) is 16.5. The molecule has 1 aromatic heterocycles. The van der Waals surface area contributed by atoms with Gasteiger partial charge in [-0.3, -0.25) is 4.79 Å². The Kier molecular flexibility index (Phi) is 4.28. The number of amides is 1. The molecule has 0 unspecified atom stereocenters. The van der Waals surface area contributed by atoms with Crippen LogP contribution in [0.5, 0.6) is 5.75 Å². The standard InChI is InChI=1S/C22H20N2O3/c1-13(2)21(25)23-17-7-9-20-19(12-17)24-22(27-20)16-5-4-15-11-18(26-3)8-6-14(15)10-16/h4-13H,1-3H3,(H,23,25). The minimum atomic E-state index is -0.0789. The van der Waals surface area contributed by atoms with Gasteiger partial charge in [0, 0.05) is 17.2 Å². The van der Waals surface area contributed by atoms with Gasteiger partial charge in [0.05, 0.1) is 7.11 Å². The van der Waals surface area contributed by atoms with E-state index < -0.39 is 0 Å². The van der Waals surface area contributed by atoms with E-state index in [1.54, 1.807) is 7.11 Å². The summed E-state index contributed by atoms with van der Waals surface area (Å²) in [5.41, 5.74) is 3.01. The number of aromatic nitrogens is 1. The number of nitrogens with one attached hydrogen (secondary N) is 1. The SMILES string of the molecule is COc1ccc2cc(-c3nc4cc(NC(=O)C(C)C)ccc4o3)ccc2c1. The summed E-state index contributed by atoms with van der Waals surface area (Å²) in [5, 5.41) is 5.06. The van der Waals surface area contributed by atoms with Gasteiger partial charge in [0.25, 0.3) is 0 Å². The van der Waals surface area contributed by atoms with Crippen LogP contribution in [0.2, 0.25) is 0 Å². The largest absolute Gasteiger partial charge is 0.497 e. The Morgan fingerprint density at radius 1 is 1.04 bits per heavy atom. The predicted octanol–water partition coefficient (Wildman–Crippen LogP) is 5.25. The zero-order valence-corrected chi connectivity index (χ0v) is 15.4. The molecule has 0 radical (unpaired) electrons. The molecule has 136 valence electrons. The number of anilines is 1. The van der Waals surface area contributed by atoms with Crippen LogP contribution in [0.1, 0.15) is 13.8 Å². The number of ether oxygens (including phenoxy) is 1. The van der Waals surface area contributed by atoms with Gasteiger partial charge in [-0.2, -0.15) is 0 Å². The Labute approximate surface area is 157 Å². The molecule has 0 saturated heterocycles. The predicted molar refractivity (Wildman–Crippen MR) is 107 cm³/mol. The van der Waals surface area contributed by atoms with Gasteiger partial charge in [-0.25, -0.2) is 4.98 Å². The molecule has 0 aliphatic carbocycles. The molecule has 3 aromatic carbocycles. The summed E-state index contributed by atoms with van der Waals surface area (Å²) < 4.78 is 11.2. The van der Waals surface area contributed by atoms with Gasteiger partial charge in [0.2, 0.25) is 11.8 Å². The Balaban J connectivity index is 1.69. The number of oxazole rings is 1. The molecule has 4 rings (SSSR count). The van der Waals surface area contributed by atoms with E-state index in [9.17, 15) is 4.79 Å². The van der Waals surface area contributed by atoms with Crippen LogP contribution in [0.3, 0.4) is 0 Å². The molecule has 4 aromatic rings. The quantitative estimate of drug-likeness (QED) is 0.540. The molecule has 27 heavy (non-hydrogen) atoms. The van der Waals surface area contributed by atoms with Crippen molar-refractivity contribution in [1.82, 2.24) is 4.98 Å². The fourth-order valence-electron chi connectivity index (χ4n) is 2.90. The molecule has 0 aliphatic heterocycles. The van der Waals surface area contributed by atoms with Crippen molar-refractivity contribution in [2.75, 3.05) is 12.4 Å². The third kappa shape index (κ3) is 3.36. The van der Waals surface area contributed by atoms with Crippen LogP contribution >= 0.6 is 0 Å². The molecule has 0 saturated carbocycles. The number of carbonyl (C=O) groups excluding carboxylic acids is 1. The van der Waals surface area contributed by atoms with Crippen molar-refractivity contribution in [3.8, 4) is 17.2 Å². The van der Waals surface area contributed by atoms with Gasteiger partial charge in [0.1, 0.15) is 11.3 Å². The molecule has 0 atom stereocenters. The van der Waals surface area contributed by atoms with E-state index in [1.807, 2.05) is 68.4 Å². The molecule has 5 nitrogen and oxygen atoms in total. The van der Waals surface area contributed by atoms with Gasteiger partial charge in [-0.1, -0.05) is 26.0 Å². The maximum atomic E-state index is 11.9. The minimum Gasteiger partial charge on any atom is -0.497 e. The van der Waals surface area contributed by atoms with Gasteiger partial charge >= 0.3 is 0 Å². The van der Waals surface area contributed by atoms with E-state index in [2.05, 4.69) is 10.3 Å².